The minimum atomic E-state index is 0.504. The van der Waals surface area contributed by atoms with E-state index in [1.807, 2.05) is 20.2 Å². The lowest BCUT2D eigenvalue weighted by Crippen LogP contribution is -2.26. The van der Waals surface area contributed by atoms with E-state index in [9.17, 15) is 0 Å². The molecule has 88 valence electrons. The number of nitrogens with one attached hydrogen (secondary N) is 1. The molecule has 2 rings (SSSR count). The number of halogens is 1. The van der Waals surface area contributed by atoms with Gasteiger partial charge in [0, 0.05) is 20.1 Å². The van der Waals surface area contributed by atoms with Gasteiger partial charge in [0.1, 0.15) is 0 Å². The highest BCUT2D eigenvalue weighted by Crippen LogP contribution is 2.30. The lowest BCUT2D eigenvalue weighted by molar-refractivity contribution is 0.412. The molecular weight excluding hydrogens is 220 g/mol. The molecule has 1 aliphatic rings. The highest BCUT2D eigenvalue weighted by molar-refractivity contribution is 6.33. The molecule has 16 heavy (non-hydrogen) atoms. The lowest BCUT2D eigenvalue weighted by atomic mass is 9.97. The summed E-state index contributed by atoms with van der Waals surface area (Å²) in [5, 5.41) is 4.38. The third kappa shape index (κ3) is 2.50. The third-order valence-electron chi connectivity index (χ3n) is 3.16. The van der Waals surface area contributed by atoms with Crippen LogP contribution < -0.4 is 10.2 Å². The molecule has 1 saturated heterocycles. The second-order valence-corrected chi connectivity index (χ2v) is 5.01. The van der Waals surface area contributed by atoms with E-state index in [1.54, 1.807) is 0 Å². The van der Waals surface area contributed by atoms with Crippen LogP contribution >= 0.6 is 11.6 Å². The van der Waals surface area contributed by atoms with Crippen molar-refractivity contribution in [3.8, 4) is 0 Å². The van der Waals surface area contributed by atoms with Crippen molar-refractivity contribution in [2.45, 2.75) is 25.3 Å². The number of rotatable bonds is 2. The van der Waals surface area contributed by atoms with Crippen molar-refractivity contribution in [3.63, 3.8) is 0 Å². The van der Waals surface area contributed by atoms with Crippen LogP contribution in [0, 0.1) is 0 Å². The molecule has 0 radical (unpaired) electrons. The van der Waals surface area contributed by atoms with Gasteiger partial charge in [-0.15, -0.1) is 0 Å². The monoisotopic (exact) mass is 238 g/mol. The zero-order valence-corrected chi connectivity index (χ0v) is 10.7. The summed E-state index contributed by atoms with van der Waals surface area (Å²) in [4.78, 5) is 2.06. The molecule has 0 aliphatic carbocycles. The highest BCUT2D eigenvalue weighted by Gasteiger charge is 2.16. The Morgan fingerprint density at radius 3 is 2.75 bits per heavy atom. The Kier molecular flexibility index (Phi) is 3.72. The van der Waals surface area contributed by atoms with Gasteiger partial charge in [0.15, 0.2) is 0 Å². The molecule has 0 amide bonds. The fourth-order valence-corrected chi connectivity index (χ4v) is 2.51. The molecule has 0 bridgehead atoms. The molecule has 1 aliphatic heterocycles. The molecule has 0 aromatic heterocycles. The maximum absolute atomic E-state index is 6.17. The molecule has 0 spiro atoms. The first-order valence-corrected chi connectivity index (χ1v) is 6.26. The van der Waals surface area contributed by atoms with E-state index >= 15 is 0 Å². The van der Waals surface area contributed by atoms with Crippen LogP contribution in [-0.2, 0) is 0 Å². The third-order valence-corrected chi connectivity index (χ3v) is 3.48. The molecule has 0 saturated carbocycles. The van der Waals surface area contributed by atoms with Gasteiger partial charge in [-0.3, -0.25) is 0 Å². The number of anilines is 1. The molecule has 1 aromatic rings. The summed E-state index contributed by atoms with van der Waals surface area (Å²) >= 11 is 6.17. The summed E-state index contributed by atoms with van der Waals surface area (Å²) < 4.78 is 0. The van der Waals surface area contributed by atoms with Gasteiger partial charge in [0.05, 0.1) is 10.7 Å². The number of benzene rings is 1. The van der Waals surface area contributed by atoms with E-state index < -0.39 is 0 Å². The van der Waals surface area contributed by atoms with Crippen LogP contribution in [0.5, 0.6) is 0 Å². The number of piperidine rings is 1. The topological polar surface area (TPSA) is 15.3 Å². The molecule has 1 aromatic carbocycles. The van der Waals surface area contributed by atoms with E-state index in [-0.39, 0.29) is 0 Å². The summed E-state index contributed by atoms with van der Waals surface area (Å²) in [6, 6.07) is 6.84. The van der Waals surface area contributed by atoms with Gasteiger partial charge in [-0.05, 0) is 37.1 Å². The Bertz CT molecular complexity index is 357. The van der Waals surface area contributed by atoms with Crippen molar-refractivity contribution < 1.29 is 0 Å². The average Bonchev–Trinajstić information content (AvgIpc) is 2.30. The van der Waals surface area contributed by atoms with Gasteiger partial charge in [0.2, 0.25) is 0 Å². The first kappa shape index (κ1) is 11.7. The van der Waals surface area contributed by atoms with E-state index in [2.05, 4.69) is 22.3 Å². The van der Waals surface area contributed by atoms with Gasteiger partial charge in [-0.1, -0.05) is 24.1 Å². The summed E-state index contributed by atoms with van der Waals surface area (Å²) in [5.74, 6) is 0. The van der Waals surface area contributed by atoms with E-state index in [0.717, 1.165) is 17.3 Å². The van der Waals surface area contributed by atoms with Crippen molar-refractivity contribution in [3.05, 3.63) is 28.8 Å². The Labute approximate surface area is 103 Å². The number of hydrogen-bond acceptors (Lipinski definition) is 2. The molecular formula is C13H19ClN2. The Balaban J connectivity index is 2.24. The van der Waals surface area contributed by atoms with Crippen molar-refractivity contribution in [1.82, 2.24) is 5.32 Å². The predicted octanol–water partition coefficient (Wildman–Crippen LogP) is 3.22. The fraction of sp³-hybridized carbons (Fsp3) is 0.538. The summed E-state index contributed by atoms with van der Waals surface area (Å²) in [6.07, 6.45) is 3.84. The molecule has 3 heteroatoms. The largest absolute Gasteiger partial charge is 0.376 e. The Hall–Kier alpha value is -0.730. The summed E-state index contributed by atoms with van der Waals surface area (Å²) in [5.41, 5.74) is 2.46. The fourth-order valence-electron chi connectivity index (χ4n) is 2.23. The zero-order valence-electron chi connectivity index (χ0n) is 9.96. The number of hydrogen-bond donors (Lipinski definition) is 1. The SMILES string of the molecule is CN(C)c1cc(C2CCCCN2)ccc1Cl. The van der Waals surface area contributed by atoms with Gasteiger partial charge >= 0.3 is 0 Å². The second kappa shape index (κ2) is 5.07. The maximum Gasteiger partial charge on any atom is 0.0639 e. The molecule has 1 N–H and O–H groups in total. The minimum absolute atomic E-state index is 0.504. The minimum Gasteiger partial charge on any atom is -0.376 e. The van der Waals surface area contributed by atoms with Crippen molar-refractivity contribution in [2.75, 3.05) is 25.5 Å². The van der Waals surface area contributed by atoms with Gasteiger partial charge in [-0.25, -0.2) is 0 Å². The highest BCUT2D eigenvalue weighted by atomic mass is 35.5. The molecule has 1 fully saturated rings. The van der Waals surface area contributed by atoms with E-state index in [4.69, 9.17) is 11.6 Å². The predicted molar refractivity (Wildman–Crippen MR) is 70.4 cm³/mol. The van der Waals surface area contributed by atoms with Gasteiger partial charge in [0.25, 0.3) is 0 Å². The van der Waals surface area contributed by atoms with Gasteiger partial charge < -0.3 is 10.2 Å². The second-order valence-electron chi connectivity index (χ2n) is 4.61. The van der Waals surface area contributed by atoms with Crippen LogP contribution in [-0.4, -0.2) is 20.6 Å². The summed E-state index contributed by atoms with van der Waals surface area (Å²) in [7, 11) is 4.05. The van der Waals surface area contributed by atoms with Crippen LogP contribution in [0.1, 0.15) is 30.9 Å². The van der Waals surface area contributed by atoms with Crippen LogP contribution in [0.15, 0.2) is 18.2 Å². The van der Waals surface area contributed by atoms with Crippen molar-refractivity contribution in [1.29, 1.82) is 0 Å². The quantitative estimate of drug-likeness (QED) is 0.851. The number of nitrogens with zero attached hydrogens (tertiary/aromatic N) is 1. The first-order valence-electron chi connectivity index (χ1n) is 5.88. The van der Waals surface area contributed by atoms with Crippen molar-refractivity contribution in [2.24, 2.45) is 0 Å². The smallest absolute Gasteiger partial charge is 0.0639 e. The van der Waals surface area contributed by atoms with Gasteiger partial charge in [-0.2, -0.15) is 0 Å². The average molecular weight is 239 g/mol. The van der Waals surface area contributed by atoms with E-state index in [0.29, 0.717) is 6.04 Å². The van der Waals surface area contributed by atoms with Crippen LogP contribution in [0.3, 0.4) is 0 Å². The van der Waals surface area contributed by atoms with Crippen molar-refractivity contribution >= 4 is 17.3 Å². The maximum atomic E-state index is 6.17. The Morgan fingerprint density at radius 1 is 1.31 bits per heavy atom. The molecule has 2 nitrogen and oxygen atoms in total. The summed E-state index contributed by atoms with van der Waals surface area (Å²) in [6.45, 7) is 1.13. The first-order chi connectivity index (χ1) is 7.68. The standard InChI is InChI=1S/C13H19ClN2/c1-16(2)13-9-10(6-7-11(13)14)12-5-3-4-8-15-12/h6-7,9,12,15H,3-5,8H2,1-2H3. The Morgan fingerprint density at radius 2 is 2.12 bits per heavy atom. The lowest BCUT2D eigenvalue weighted by Gasteiger charge is -2.25. The molecule has 1 unspecified atom stereocenters. The van der Waals surface area contributed by atoms with Crippen LogP contribution in [0.4, 0.5) is 5.69 Å². The van der Waals surface area contributed by atoms with Crippen LogP contribution in [0.2, 0.25) is 5.02 Å². The molecule has 1 atom stereocenters. The zero-order chi connectivity index (χ0) is 11.5. The molecule has 1 heterocycles. The normalized spacial score (nSPS) is 20.8. The van der Waals surface area contributed by atoms with Crippen LogP contribution in [0.25, 0.3) is 0 Å². The van der Waals surface area contributed by atoms with E-state index in [1.165, 1.54) is 24.8 Å².